The third-order valence-corrected chi connectivity index (χ3v) is 3.71. The highest BCUT2D eigenvalue weighted by Gasteiger charge is 2.04. The molecule has 0 atom stereocenters. The van der Waals surface area contributed by atoms with Crippen LogP contribution < -0.4 is 10.5 Å². The zero-order valence-corrected chi connectivity index (χ0v) is 11.7. The maximum absolute atomic E-state index is 11.8. The number of nitrogens with one attached hydrogen (secondary N) is 1. The molecule has 0 radical (unpaired) electrons. The molecular weight excluding hydrogens is 272 g/mol. The second-order valence-electron chi connectivity index (χ2n) is 4.32. The molecule has 4 nitrogen and oxygen atoms in total. The molecule has 0 aliphatic rings. The molecule has 20 heavy (non-hydrogen) atoms. The van der Waals surface area contributed by atoms with E-state index in [2.05, 4.69) is 4.72 Å². The first-order valence-corrected chi connectivity index (χ1v) is 7.67. The Labute approximate surface area is 119 Å². The molecular formula is C15H16N2O2S. The van der Waals surface area contributed by atoms with Crippen LogP contribution in [0.2, 0.25) is 0 Å². The standard InChI is InChI=1S/C15H16N2O2S/c16-15-8-4-7-14(11-15)12-17-20(18,19)10-9-13-5-2-1-3-6-13/h1-11,17H,12,16H2/b10-9+. The average Bonchev–Trinajstić information content (AvgIpc) is 2.45. The first-order valence-electron chi connectivity index (χ1n) is 6.12. The summed E-state index contributed by atoms with van der Waals surface area (Å²) in [4.78, 5) is 0. The maximum atomic E-state index is 11.8. The zero-order chi connectivity index (χ0) is 14.4. The van der Waals surface area contributed by atoms with E-state index in [0.29, 0.717) is 5.69 Å². The minimum Gasteiger partial charge on any atom is -0.399 e. The van der Waals surface area contributed by atoms with E-state index < -0.39 is 10.0 Å². The van der Waals surface area contributed by atoms with Gasteiger partial charge in [0.25, 0.3) is 0 Å². The molecule has 0 aliphatic carbocycles. The van der Waals surface area contributed by atoms with Gasteiger partial charge < -0.3 is 5.73 Å². The number of rotatable bonds is 5. The summed E-state index contributed by atoms with van der Waals surface area (Å²) in [7, 11) is -3.46. The SMILES string of the molecule is Nc1cccc(CNS(=O)(=O)/C=C/c2ccccc2)c1. The van der Waals surface area contributed by atoms with Crippen LogP contribution in [0.1, 0.15) is 11.1 Å². The van der Waals surface area contributed by atoms with Crippen molar-refractivity contribution in [3.05, 3.63) is 71.1 Å². The summed E-state index contributed by atoms with van der Waals surface area (Å²) >= 11 is 0. The monoisotopic (exact) mass is 288 g/mol. The fourth-order valence-electron chi connectivity index (χ4n) is 1.67. The lowest BCUT2D eigenvalue weighted by Gasteiger charge is -2.04. The third-order valence-electron chi connectivity index (χ3n) is 2.67. The molecule has 0 saturated heterocycles. The first-order chi connectivity index (χ1) is 9.55. The average molecular weight is 288 g/mol. The summed E-state index contributed by atoms with van der Waals surface area (Å²) in [5.74, 6) is 0. The molecule has 2 aromatic carbocycles. The zero-order valence-electron chi connectivity index (χ0n) is 10.9. The number of benzene rings is 2. The molecule has 104 valence electrons. The van der Waals surface area contributed by atoms with E-state index in [0.717, 1.165) is 16.5 Å². The van der Waals surface area contributed by atoms with Crippen LogP contribution in [0.3, 0.4) is 0 Å². The second-order valence-corrected chi connectivity index (χ2v) is 5.98. The van der Waals surface area contributed by atoms with Crippen molar-refractivity contribution in [1.29, 1.82) is 0 Å². The van der Waals surface area contributed by atoms with E-state index in [-0.39, 0.29) is 6.54 Å². The Kier molecular flexibility index (Phi) is 4.55. The van der Waals surface area contributed by atoms with Crippen molar-refractivity contribution in [2.24, 2.45) is 0 Å². The largest absolute Gasteiger partial charge is 0.399 e. The van der Waals surface area contributed by atoms with Gasteiger partial charge in [-0.05, 0) is 29.3 Å². The minimum absolute atomic E-state index is 0.215. The number of sulfonamides is 1. The predicted molar refractivity (Wildman–Crippen MR) is 82.1 cm³/mol. The number of hydrogen-bond donors (Lipinski definition) is 2. The lowest BCUT2D eigenvalue weighted by molar-refractivity contribution is 0.591. The van der Waals surface area contributed by atoms with Crippen LogP contribution in [0.5, 0.6) is 0 Å². The normalized spacial score (nSPS) is 11.8. The summed E-state index contributed by atoms with van der Waals surface area (Å²) in [5.41, 5.74) is 7.91. The van der Waals surface area contributed by atoms with E-state index in [1.807, 2.05) is 36.4 Å². The highest BCUT2D eigenvalue weighted by Crippen LogP contribution is 2.07. The van der Waals surface area contributed by atoms with Gasteiger partial charge in [-0.15, -0.1) is 0 Å². The number of anilines is 1. The van der Waals surface area contributed by atoms with Gasteiger partial charge >= 0.3 is 0 Å². The number of nitrogen functional groups attached to an aromatic ring is 1. The van der Waals surface area contributed by atoms with Crippen LogP contribution >= 0.6 is 0 Å². The van der Waals surface area contributed by atoms with Crippen molar-refractivity contribution >= 4 is 21.8 Å². The Morgan fingerprint density at radius 1 is 1.05 bits per heavy atom. The predicted octanol–water partition coefficient (Wildman–Crippen LogP) is 2.36. The summed E-state index contributed by atoms with van der Waals surface area (Å²) < 4.78 is 26.2. The molecule has 0 saturated carbocycles. The summed E-state index contributed by atoms with van der Waals surface area (Å²) in [6, 6.07) is 16.4. The molecule has 2 rings (SSSR count). The molecule has 0 amide bonds. The van der Waals surface area contributed by atoms with Gasteiger partial charge in [0.2, 0.25) is 10.0 Å². The topological polar surface area (TPSA) is 72.2 Å². The van der Waals surface area contributed by atoms with Crippen LogP contribution in [0.4, 0.5) is 5.69 Å². The van der Waals surface area contributed by atoms with E-state index in [9.17, 15) is 8.42 Å². The van der Waals surface area contributed by atoms with Gasteiger partial charge in [0.15, 0.2) is 0 Å². The summed E-state index contributed by atoms with van der Waals surface area (Å²) in [6.07, 6.45) is 1.56. The van der Waals surface area contributed by atoms with E-state index in [4.69, 9.17) is 5.73 Å². The quantitative estimate of drug-likeness (QED) is 0.830. The van der Waals surface area contributed by atoms with Gasteiger partial charge in [-0.1, -0.05) is 42.5 Å². The fraction of sp³-hybridized carbons (Fsp3) is 0.0667. The molecule has 3 N–H and O–H groups in total. The Bertz CT molecular complexity index is 695. The Morgan fingerprint density at radius 3 is 2.50 bits per heavy atom. The van der Waals surface area contributed by atoms with Crippen molar-refractivity contribution in [3.8, 4) is 0 Å². The van der Waals surface area contributed by atoms with Gasteiger partial charge in [-0.3, -0.25) is 0 Å². The van der Waals surface area contributed by atoms with Gasteiger partial charge in [0.1, 0.15) is 0 Å². The molecule has 0 heterocycles. The van der Waals surface area contributed by atoms with Gasteiger partial charge in [0, 0.05) is 17.6 Å². The van der Waals surface area contributed by atoms with Crippen molar-refractivity contribution in [2.45, 2.75) is 6.54 Å². The molecule has 0 aromatic heterocycles. The highest BCUT2D eigenvalue weighted by atomic mass is 32.2. The maximum Gasteiger partial charge on any atom is 0.234 e. The molecule has 0 bridgehead atoms. The smallest absolute Gasteiger partial charge is 0.234 e. The van der Waals surface area contributed by atoms with Crippen LogP contribution in [-0.4, -0.2) is 8.42 Å². The van der Waals surface area contributed by atoms with Gasteiger partial charge in [-0.2, -0.15) is 0 Å². The van der Waals surface area contributed by atoms with Crippen molar-refractivity contribution in [1.82, 2.24) is 4.72 Å². The number of hydrogen-bond acceptors (Lipinski definition) is 3. The van der Waals surface area contributed by atoms with Crippen LogP contribution in [-0.2, 0) is 16.6 Å². The Balaban J connectivity index is 1.99. The third kappa shape index (κ3) is 4.53. The molecule has 0 unspecified atom stereocenters. The number of nitrogens with two attached hydrogens (primary N) is 1. The molecule has 0 fully saturated rings. The fourth-order valence-corrected chi connectivity index (χ4v) is 2.47. The lowest BCUT2D eigenvalue weighted by Crippen LogP contribution is -2.20. The molecule has 0 aliphatic heterocycles. The summed E-state index contributed by atoms with van der Waals surface area (Å²) in [5, 5.41) is 1.16. The van der Waals surface area contributed by atoms with E-state index >= 15 is 0 Å². The molecule has 5 heteroatoms. The van der Waals surface area contributed by atoms with Crippen LogP contribution in [0.25, 0.3) is 6.08 Å². The lowest BCUT2D eigenvalue weighted by atomic mass is 10.2. The highest BCUT2D eigenvalue weighted by molar-refractivity contribution is 7.92. The Hall–Kier alpha value is -2.11. The van der Waals surface area contributed by atoms with Gasteiger partial charge in [0.05, 0.1) is 0 Å². The minimum atomic E-state index is -3.46. The van der Waals surface area contributed by atoms with Crippen molar-refractivity contribution in [3.63, 3.8) is 0 Å². The molecule has 2 aromatic rings. The molecule has 0 spiro atoms. The van der Waals surface area contributed by atoms with Crippen LogP contribution in [0.15, 0.2) is 60.0 Å². The van der Waals surface area contributed by atoms with Crippen molar-refractivity contribution in [2.75, 3.05) is 5.73 Å². The van der Waals surface area contributed by atoms with Gasteiger partial charge in [-0.25, -0.2) is 13.1 Å². The van der Waals surface area contributed by atoms with Crippen molar-refractivity contribution < 1.29 is 8.42 Å². The van der Waals surface area contributed by atoms with Crippen LogP contribution in [0, 0.1) is 0 Å². The summed E-state index contributed by atoms with van der Waals surface area (Å²) in [6.45, 7) is 0.215. The second kappa shape index (κ2) is 6.36. The van der Waals surface area contributed by atoms with E-state index in [1.165, 1.54) is 0 Å². The Morgan fingerprint density at radius 2 is 1.80 bits per heavy atom. The van der Waals surface area contributed by atoms with E-state index in [1.54, 1.807) is 24.3 Å². The first kappa shape index (κ1) is 14.3.